The lowest BCUT2D eigenvalue weighted by Crippen LogP contribution is -2.04. The Kier molecular flexibility index (Phi) is 3.82. The second kappa shape index (κ2) is 5.36. The summed E-state index contributed by atoms with van der Waals surface area (Å²) in [5.41, 5.74) is 10.6. The van der Waals surface area contributed by atoms with Crippen LogP contribution in [0, 0.1) is 6.92 Å². The Morgan fingerprint density at radius 1 is 1.44 bits per heavy atom. The molecule has 0 saturated carbocycles. The normalized spacial score (nSPS) is 11.1. The van der Waals surface area contributed by atoms with Crippen molar-refractivity contribution < 1.29 is 4.79 Å². The molecule has 2 aromatic rings. The lowest BCUT2D eigenvalue weighted by molar-refractivity contribution is 0.549. The van der Waals surface area contributed by atoms with Gasteiger partial charge in [-0.2, -0.15) is 0 Å². The van der Waals surface area contributed by atoms with E-state index >= 15 is 0 Å². The zero-order valence-corrected chi connectivity index (χ0v) is 11.1. The maximum absolute atomic E-state index is 11.0. The maximum Gasteiger partial charge on any atom is 0.218 e. The van der Waals surface area contributed by atoms with Crippen molar-refractivity contribution in [3.8, 4) is 0 Å². The van der Waals surface area contributed by atoms with Crippen LogP contribution in [0.5, 0.6) is 0 Å². The number of hydrogen-bond donors (Lipinski definition) is 1. The summed E-state index contributed by atoms with van der Waals surface area (Å²) in [5, 5.41) is 1.17. The Balaban J connectivity index is 2.63. The van der Waals surface area contributed by atoms with Crippen molar-refractivity contribution in [2.45, 2.75) is 33.1 Å². The SMILES string of the molecule is CCc1cc2c(ccn2C=O)c(C)c1CCCN. The van der Waals surface area contributed by atoms with Crippen molar-refractivity contribution in [1.82, 2.24) is 4.57 Å². The van der Waals surface area contributed by atoms with E-state index in [1.54, 1.807) is 4.57 Å². The minimum absolute atomic E-state index is 0.718. The highest BCUT2D eigenvalue weighted by Crippen LogP contribution is 2.27. The van der Waals surface area contributed by atoms with E-state index in [1.165, 1.54) is 22.1 Å². The van der Waals surface area contributed by atoms with Crippen molar-refractivity contribution in [3.05, 3.63) is 35.0 Å². The molecule has 2 rings (SSSR count). The molecule has 0 spiro atoms. The summed E-state index contributed by atoms with van der Waals surface area (Å²) in [4.78, 5) is 11.0. The molecule has 0 unspecified atom stereocenters. The first-order chi connectivity index (χ1) is 8.72. The van der Waals surface area contributed by atoms with Crippen molar-refractivity contribution in [2.75, 3.05) is 6.54 Å². The van der Waals surface area contributed by atoms with Crippen LogP contribution in [0.1, 0.15) is 30.0 Å². The van der Waals surface area contributed by atoms with Gasteiger partial charge in [0.15, 0.2) is 0 Å². The van der Waals surface area contributed by atoms with Gasteiger partial charge in [0, 0.05) is 11.6 Å². The number of carbonyl (C=O) groups excluding carboxylic acids is 1. The molecular weight excluding hydrogens is 224 g/mol. The molecule has 3 nitrogen and oxygen atoms in total. The van der Waals surface area contributed by atoms with Gasteiger partial charge in [0.2, 0.25) is 6.41 Å². The predicted molar refractivity (Wildman–Crippen MR) is 75.6 cm³/mol. The summed E-state index contributed by atoms with van der Waals surface area (Å²) < 4.78 is 1.65. The van der Waals surface area contributed by atoms with Crippen LogP contribution >= 0.6 is 0 Å². The fourth-order valence-electron chi connectivity index (χ4n) is 2.62. The molecule has 0 atom stereocenters. The Morgan fingerprint density at radius 3 is 2.83 bits per heavy atom. The third-order valence-corrected chi connectivity index (χ3v) is 3.64. The number of aromatic nitrogens is 1. The Hall–Kier alpha value is -1.61. The molecule has 2 N–H and O–H groups in total. The van der Waals surface area contributed by atoms with Crippen LogP contribution in [0.2, 0.25) is 0 Å². The molecule has 0 aliphatic heterocycles. The monoisotopic (exact) mass is 244 g/mol. The molecule has 0 amide bonds. The van der Waals surface area contributed by atoms with E-state index in [2.05, 4.69) is 19.9 Å². The van der Waals surface area contributed by atoms with Gasteiger partial charge in [-0.25, -0.2) is 0 Å². The second-order valence-electron chi connectivity index (χ2n) is 4.65. The highest BCUT2D eigenvalue weighted by Gasteiger charge is 2.11. The summed E-state index contributed by atoms with van der Waals surface area (Å²) in [6, 6.07) is 4.16. The lowest BCUT2D eigenvalue weighted by atomic mass is 9.93. The largest absolute Gasteiger partial charge is 0.330 e. The molecular formula is C15H20N2O. The Labute approximate surface area is 108 Å². The molecule has 1 aromatic carbocycles. The van der Waals surface area contributed by atoms with Gasteiger partial charge in [-0.1, -0.05) is 6.92 Å². The van der Waals surface area contributed by atoms with Gasteiger partial charge in [0.25, 0.3) is 0 Å². The molecule has 96 valence electrons. The van der Waals surface area contributed by atoms with Gasteiger partial charge in [-0.3, -0.25) is 9.36 Å². The van der Waals surface area contributed by atoms with Gasteiger partial charge in [-0.15, -0.1) is 0 Å². The van der Waals surface area contributed by atoms with E-state index in [0.717, 1.165) is 37.7 Å². The smallest absolute Gasteiger partial charge is 0.218 e. The van der Waals surface area contributed by atoms with Crippen molar-refractivity contribution >= 4 is 17.3 Å². The van der Waals surface area contributed by atoms with E-state index in [9.17, 15) is 4.79 Å². The van der Waals surface area contributed by atoms with Gasteiger partial charge < -0.3 is 5.73 Å². The number of rotatable bonds is 5. The quantitative estimate of drug-likeness (QED) is 0.821. The summed E-state index contributed by atoms with van der Waals surface area (Å²) in [7, 11) is 0. The molecule has 0 saturated heterocycles. The molecule has 1 heterocycles. The number of carbonyl (C=O) groups is 1. The fourth-order valence-corrected chi connectivity index (χ4v) is 2.62. The number of fused-ring (bicyclic) bond motifs is 1. The van der Waals surface area contributed by atoms with Gasteiger partial charge in [0.05, 0.1) is 5.52 Å². The first-order valence-electron chi connectivity index (χ1n) is 6.50. The molecule has 18 heavy (non-hydrogen) atoms. The molecule has 0 aliphatic carbocycles. The van der Waals surface area contributed by atoms with E-state index in [4.69, 9.17) is 5.73 Å². The standard InChI is InChI=1S/C15H20N2O/c1-3-12-9-15-14(6-8-17(15)10-18)11(2)13(12)5-4-7-16/h6,8-10H,3-5,7,16H2,1-2H3. The second-order valence-corrected chi connectivity index (χ2v) is 4.65. The van der Waals surface area contributed by atoms with Gasteiger partial charge >= 0.3 is 0 Å². The molecule has 0 fully saturated rings. The summed E-state index contributed by atoms with van der Waals surface area (Å²) in [6.45, 7) is 5.01. The number of benzene rings is 1. The van der Waals surface area contributed by atoms with E-state index in [-0.39, 0.29) is 0 Å². The first kappa shape index (κ1) is 12.8. The van der Waals surface area contributed by atoms with Crippen LogP contribution in [-0.4, -0.2) is 17.5 Å². The van der Waals surface area contributed by atoms with Crippen LogP contribution in [0.4, 0.5) is 0 Å². The highest BCUT2D eigenvalue weighted by atomic mass is 16.1. The van der Waals surface area contributed by atoms with Crippen LogP contribution in [-0.2, 0) is 17.6 Å². The van der Waals surface area contributed by atoms with Crippen molar-refractivity contribution in [2.24, 2.45) is 5.73 Å². The summed E-state index contributed by atoms with van der Waals surface area (Å²) in [5.74, 6) is 0. The summed E-state index contributed by atoms with van der Waals surface area (Å²) in [6.07, 6.45) is 5.71. The predicted octanol–water partition coefficient (Wildman–Crippen LogP) is 2.44. The average molecular weight is 244 g/mol. The molecule has 0 radical (unpaired) electrons. The Morgan fingerprint density at radius 2 is 2.22 bits per heavy atom. The number of hydrogen-bond acceptors (Lipinski definition) is 2. The zero-order valence-electron chi connectivity index (χ0n) is 11.1. The fraction of sp³-hybridized carbons (Fsp3) is 0.400. The minimum atomic E-state index is 0.718. The highest BCUT2D eigenvalue weighted by molar-refractivity contribution is 5.89. The van der Waals surface area contributed by atoms with E-state index in [0.29, 0.717) is 0 Å². The third-order valence-electron chi connectivity index (χ3n) is 3.64. The molecule has 1 aromatic heterocycles. The van der Waals surface area contributed by atoms with Gasteiger partial charge in [-0.05, 0) is 61.6 Å². The van der Waals surface area contributed by atoms with Crippen LogP contribution in [0.15, 0.2) is 18.3 Å². The van der Waals surface area contributed by atoms with E-state index in [1.807, 2.05) is 12.3 Å². The number of nitrogens with two attached hydrogens (primary N) is 1. The lowest BCUT2D eigenvalue weighted by Gasteiger charge is -2.13. The first-order valence-corrected chi connectivity index (χ1v) is 6.50. The van der Waals surface area contributed by atoms with Crippen molar-refractivity contribution in [1.29, 1.82) is 0 Å². The zero-order chi connectivity index (χ0) is 13.1. The Bertz CT molecular complexity index is 569. The summed E-state index contributed by atoms with van der Waals surface area (Å²) >= 11 is 0. The third kappa shape index (κ3) is 2.06. The molecule has 0 aliphatic rings. The number of nitrogens with zero attached hydrogens (tertiary/aromatic N) is 1. The van der Waals surface area contributed by atoms with Crippen LogP contribution in [0.3, 0.4) is 0 Å². The van der Waals surface area contributed by atoms with Gasteiger partial charge in [0.1, 0.15) is 0 Å². The van der Waals surface area contributed by atoms with E-state index < -0.39 is 0 Å². The topological polar surface area (TPSA) is 48.0 Å². The minimum Gasteiger partial charge on any atom is -0.330 e. The van der Waals surface area contributed by atoms with Crippen LogP contribution < -0.4 is 5.73 Å². The number of aryl methyl sites for hydroxylation is 2. The van der Waals surface area contributed by atoms with Crippen LogP contribution in [0.25, 0.3) is 10.9 Å². The molecule has 0 bridgehead atoms. The van der Waals surface area contributed by atoms with Crippen molar-refractivity contribution in [3.63, 3.8) is 0 Å². The molecule has 3 heteroatoms. The average Bonchev–Trinajstić information content (AvgIpc) is 2.80. The maximum atomic E-state index is 11.0.